The molecule has 0 saturated carbocycles. The molecule has 2 aliphatic rings. The molecule has 4 rings (SSSR count). The molecular formula is C22H23FN4O4. The maximum Gasteiger partial charge on any atom is 0.414 e. The number of anilines is 2. The zero-order chi connectivity index (χ0) is 22.0. The Morgan fingerprint density at radius 3 is 2.65 bits per heavy atom. The second-order valence-corrected chi connectivity index (χ2v) is 7.65. The highest BCUT2D eigenvalue weighted by Gasteiger charge is 2.32. The number of carbonyl (C=O) groups excluding carboxylic acids is 3. The van der Waals surface area contributed by atoms with Crippen molar-refractivity contribution in [1.29, 1.82) is 0 Å². The molecule has 0 aliphatic carbocycles. The van der Waals surface area contributed by atoms with E-state index < -0.39 is 18.0 Å². The van der Waals surface area contributed by atoms with E-state index in [0.717, 1.165) is 5.82 Å². The molecule has 0 bridgehead atoms. The molecule has 2 amide bonds. The highest BCUT2D eigenvalue weighted by atomic mass is 19.1. The van der Waals surface area contributed by atoms with Gasteiger partial charge >= 0.3 is 6.09 Å². The minimum absolute atomic E-state index is 0.210. The summed E-state index contributed by atoms with van der Waals surface area (Å²) >= 11 is 0. The van der Waals surface area contributed by atoms with Crippen LogP contribution in [0.25, 0.3) is 11.1 Å². The third kappa shape index (κ3) is 4.65. The van der Waals surface area contributed by atoms with Crippen LogP contribution in [0.1, 0.15) is 19.8 Å². The lowest BCUT2D eigenvalue weighted by Crippen LogP contribution is -2.34. The van der Waals surface area contributed by atoms with Crippen molar-refractivity contribution in [2.75, 3.05) is 36.0 Å². The molecular weight excluding hydrogens is 403 g/mol. The Labute approximate surface area is 179 Å². The Balaban J connectivity index is 1.46. The molecule has 2 aromatic rings. The molecule has 1 aromatic heterocycles. The summed E-state index contributed by atoms with van der Waals surface area (Å²) in [6.07, 6.45) is 1.58. The molecule has 8 nitrogen and oxygen atoms in total. The van der Waals surface area contributed by atoms with Crippen LogP contribution in [0, 0.1) is 5.82 Å². The van der Waals surface area contributed by atoms with Gasteiger partial charge in [-0.2, -0.15) is 0 Å². The fourth-order valence-electron chi connectivity index (χ4n) is 3.72. The number of hydrogen-bond donors (Lipinski definition) is 1. The number of amides is 2. The Morgan fingerprint density at radius 2 is 2.00 bits per heavy atom. The van der Waals surface area contributed by atoms with Gasteiger partial charge in [-0.1, -0.05) is 0 Å². The fraction of sp³-hybridized carbons (Fsp3) is 0.364. The van der Waals surface area contributed by atoms with E-state index in [1.165, 1.54) is 17.9 Å². The molecule has 1 aromatic carbocycles. The zero-order valence-electron chi connectivity index (χ0n) is 17.1. The van der Waals surface area contributed by atoms with Gasteiger partial charge in [0.25, 0.3) is 0 Å². The van der Waals surface area contributed by atoms with Crippen molar-refractivity contribution < 1.29 is 23.5 Å². The largest absolute Gasteiger partial charge is 0.442 e. The first-order valence-electron chi connectivity index (χ1n) is 10.2. The lowest BCUT2D eigenvalue weighted by Gasteiger charge is -2.27. The van der Waals surface area contributed by atoms with E-state index >= 15 is 0 Å². The molecule has 2 aliphatic heterocycles. The summed E-state index contributed by atoms with van der Waals surface area (Å²) in [5.41, 5.74) is 1.38. The van der Waals surface area contributed by atoms with Crippen molar-refractivity contribution in [3.8, 4) is 11.1 Å². The van der Waals surface area contributed by atoms with Crippen molar-refractivity contribution in [1.82, 2.24) is 10.3 Å². The van der Waals surface area contributed by atoms with Gasteiger partial charge in [-0.25, -0.2) is 14.2 Å². The topological polar surface area (TPSA) is 91.8 Å². The first kappa shape index (κ1) is 20.8. The minimum atomic E-state index is -0.575. The van der Waals surface area contributed by atoms with E-state index in [2.05, 4.69) is 10.3 Å². The van der Waals surface area contributed by atoms with Crippen molar-refractivity contribution >= 4 is 29.3 Å². The van der Waals surface area contributed by atoms with Gasteiger partial charge in [-0.05, 0) is 30.3 Å². The average Bonchev–Trinajstić information content (AvgIpc) is 3.13. The highest BCUT2D eigenvalue weighted by Crippen LogP contribution is 2.29. The van der Waals surface area contributed by atoms with Gasteiger partial charge in [0.05, 0.1) is 18.8 Å². The number of cyclic esters (lactones) is 1. The van der Waals surface area contributed by atoms with Crippen LogP contribution in [0.4, 0.5) is 20.7 Å². The molecule has 2 saturated heterocycles. The molecule has 31 heavy (non-hydrogen) atoms. The third-order valence-electron chi connectivity index (χ3n) is 5.42. The number of nitrogens with zero attached hydrogens (tertiary/aromatic N) is 3. The summed E-state index contributed by atoms with van der Waals surface area (Å²) in [5.74, 6) is 0.337. The number of aromatic nitrogens is 1. The van der Waals surface area contributed by atoms with Gasteiger partial charge in [0, 0.05) is 50.2 Å². The van der Waals surface area contributed by atoms with Crippen LogP contribution in [0.3, 0.4) is 0 Å². The van der Waals surface area contributed by atoms with Gasteiger partial charge in [0.15, 0.2) is 0 Å². The van der Waals surface area contributed by atoms with Crippen LogP contribution in [0.15, 0.2) is 36.5 Å². The Hall–Kier alpha value is -3.49. The number of ether oxygens (including phenoxy) is 1. The number of Topliss-reactive ketones (excluding diaryl/α,β-unsaturated/α-hetero) is 1. The molecule has 0 spiro atoms. The van der Waals surface area contributed by atoms with Gasteiger partial charge in [-0.15, -0.1) is 0 Å². The number of rotatable bonds is 5. The van der Waals surface area contributed by atoms with Gasteiger partial charge in [0.2, 0.25) is 5.91 Å². The quantitative estimate of drug-likeness (QED) is 0.790. The number of benzene rings is 1. The smallest absolute Gasteiger partial charge is 0.414 e. The van der Waals surface area contributed by atoms with E-state index in [1.807, 2.05) is 11.0 Å². The van der Waals surface area contributed by atoms with Crippen LogP contribution in [-0.2, 0) is 14.3 Å². The van der Waals surface area contributed by atoms with E-state index in [4.69, 9.17) is 4.74 Å². The molecule has 9 heteroatoms. The number of halogens is 1. The normalized spacial score (nSPS) is 18.8. The summed E-state index contributed by atoms with van der Waals surface area (Å²) in [5, 5.41) is 2.61. The second kappa shape index (κ2) is 8.71. The summed E-state index contributed by atoms with van der Waals surface area (Å²) in [7, 11) is 0. The predicted octanol–water partition coefficient (Wildman–Crippen LogP) is 2.52. The van der Waals surface area contributed by atoms with E-state index in [0.29, 0.717) is 42.7 Å². The zero-order valence-corrected chi connectivity index (χ0v) is 17.1. The Morgan fingerprint density at radius 1 is 1.23 bits per heavy atom. The third-order valence-corrected chi connectivity index (χ3v) is 5.42. The van der Waals surface area contributed by atoms with Crippen molar-refractivity contribution in [3.05, 3.63) is 42.3 Å². The van der Waals surface area contributed by atoms with Crippen molar-refractivity contribution in [2.24, 2.45) is 0 Å². The Bertz CT molecular complexity index is 1000. The van der Waals surface area contributed by atoms with Crippen LogP contribution in [0.5, 0.6) is 0 Å². The maximum absolute atomic E-state index is 14.9. The first-order chi connectivity index (χ1) is 14.9. The molecule has 2 fully saturated rings. The molecule has 1 atom stereocenters. The fourth-order valence-corrected chi connectivity index (χ4v) is 3.72. The number of hydrogen-bond acceptors (Lipinski definition) is 6. The number of carbonyl (C=O) groups is 3. The monoisotopic (exact) mass is 426 g/mol. The molecule has 1 N–H and O–H groups in total. The van der Waals surface area contributed by atoms with Gasteiger partial charge in [0.1, 0.15) is 23.5 Å². The summed E-state index contributed by atoms with van der Waals surface area (Å²) in [6, 6.07) is 8.18. The van der Waals surface area contributed by atoms with E-state index in [9.17, 15) is 18.8 Å². The van der Waals surface area contributed by atoms with Crippen molar-refractivity contribution in [3.63, 3.8) is 0 Å². The van der Waals surface area contributed by atoms with E-state index in [1.54, 1.807) is 24.4 Å². The molecule has 162 valence electrons. The lowest BCUT2D eigenvalue weighted by atomic mass is 10.1. The molecule has 0 radical (unpaired) electrons. The van der Waals surface area contributed by atoms with Crippen LogP contribution in [-0.4, -0.2) is 55.1 Å². The van der Waals surface area contributed by atoms with Gasteiger partial charge in [-0.3, -0.25) is 14.5 Å². The van der Waals surface area contributed by atoms with Crippen LogP contribution in [0.2, 0.25) is 0 Å². The number of pyridine rings is 1. The number of nitrogens with one attached hydrogen (secondary N) is 1. The van der Waals surface area contributed by atoms with Crippen LogP contribution < -0.4 is 15.1 Å². The summed E-state index contributed by atoms with van der Waals surface area (Å²) < 4.78 is 20.1. The lowest BCUT2D eigenvalue weighted by molar-refractivity contribution is -0.120. The number of piperidine rings is 1. The standard InChI is InChI=1S/C22H23FN4O4/c1-14(28)24-12-18-13-27(22(30)31-18)16-3-4-19(20(23)10-16)15-2-5-21(25-11-15)26-8-6-17(29)7-9-26/h2-5,10-11,18H,6-9,12-13H2,1H3,(H,24,28). The highest BCUT2D eigenvalue weighted by molar-refractivity contribution is 5.90. The second-order valence-electron chi connectivity index (χ2n) is 7.65. The average molecular weight is 426 g/mol. The summed E-state index contributed by atoms with van der Waals surface area (Å²) in [6.45, 7) is 3.11. The van der Waals surface area contributed by atoms with Crippen molar-refractivity contribution in [2.45, 2.75) is 25.9 Å². The molecule has 3 heterocycles. The summed E-state index contributed by atoms with van der Waals surface area (Å²) in [4.78, 5) is 42.4. The molecule has 1 unspecified atom stereocenters. The first-order valence-corrected chi connectivity index (χ1v) is 10.2. The van der Waals surface area contributed by atoms with Crippen LogP contribution >= 0.6 is 0 Å². The Kier molecular flexibility index (Phi) is 5.83. The minimum Gasteiger partial charge on any atom is -0.442 e. The predicted molar refractivity (Wildman–Crippen MR) is 112 cm³/mol. The van der Waals surface area contributed by atoms with Gasteiger partial charge < -0.3 is 15.0 Å². The number of ketones is 1. The SMILES string of the molecule is CC(=O)NCC1CN(c2ccc(-c3ccc(N4CCC(=O)CC4)nc3)c(F)c2)C(=O)O1. The van der Waals surface area contributed by atoms with E-state index in [-0.39, 0.29) is 24.8 Å². The maximum atomic E-state index is 14.9.